The molecule has 1 amide bonds. The standard InChI is InChI=1S/C18H17NO3S/c20-17(18(21)7-9-23-10-8-18)19-12-5-6-14-13-3-1-2-4-15(13)22-16(14)11-12/h1-6,11,21H,7-10H2,(H,19,20). The lowest BCUT2D eigenvalue weighted by molar-refractivity contribution is -0.134. The van der Waals surface area contributed by atoms with Gasteiger partial charge in [0.25, 0.3) is 5.91 Å². The van der Waals surface area contributed by atoms with E-state index in [4.69, 9.17) is 4.42 Å². The molecule has 1 fully saturated rings. The van der Waals surface area contributed by atoms with Gasteiger partial charge in [-0.1, -0.05) is 18.2 Å². The number of carbonyl (C=O) groups excluding carboxylic acids is 1. The van der Waals surface area contributed by atoms with Crippen LogP contribution in [0, 0.1) is 0 Å². The summed E-state index contributed by atoms with van der Waals surface area (Å²) in [6.45, 7) is 0. The van der Waals surface area contributed by atoms with Gasteiger partial charge in [0, 0.05) is 22.5 Å². The maximum atomic E-state index is 12.4. The van der Waals surface area contributed by atoms with Gasteiger partial charge in [-0.3, -0.25) is 4.79 Å². The summed E-state index contributed by atoms with van der Waals surface area (Å²) in [5.41, 5.74) is 0.950. The monoisotopic (exact) mass is 327 g/mol. The van der Waals surface area contributed by atoms with E-state index in [0.29, 0.717) is 18.5 Å². The molecule has 0 atom stereocenters. The van der Waals surface area contributed by atoms with E-state index in [1.165, 1.54) is 0 Å². The molecule has 1 saturated heterocycles. The highest BCUT2D eigenvalue weighted by molar-refractivity contribution is 7.99. The first-order chi connectivity index (χ1) is 11.2. The Kier molecular flexibility index (Phi) is 3.54. The zero-order valence-electron chi connectivity index (χ0n) is 12.5. The third kappa shape index (κ3) is 2.60. The summed E-state index contributed by atoms with van der Waals surface area (Å²) < 4.78 is 5.83. The first-order valence-electron chi connectivity index (χ1n) is 7.69. The maximum Gasteiger partial charge on any atom is 0.256 e. The highest BCUT2D eigenvalue weighted by Gasteiger charge is 2.37. The normalized spacial score (nSPS) is 17.4. The number of hydrogen-bond donors (Lipinski definition) is 2. The maximum absolute atomic E-state index is 12.4. The number of nitrogens with one attached hydrogen (secondary N) is 1. The minimum atomic E-state index is -1.26. The molecule has 2 heterocycles. The summed E-state index contributed by atoms with van der Waals surface area (Å²) in [6, 6.07) is 13.5. The van der Waals surface area contributed by atoms with Crippen LogP contribution in [-0.2, 0) is 4.79 Å². The molecule has 1 aliphatic rings. The molecule has 23 heavy (non-hydrogen) atoms. The van der Waals surface area contributed by atoms with Crippen LogP contribution >= 0.6 is 11.8 Å². The Morgan fingerprint density at radius 3 is 2.65 bits per heavy atom. The van der Waals surface area contributed by atoms with Crippen molar-refractivity contribution in [2.24, 2.45) is 0 Å². The van der Waals surface area contributed by atoms with Gasteiger partial charge in [-0.05, 0) is 42.5 Å². The number of carbonyl (C=O) groups is 1. The minimum absolute atomic E-state index is 0.326. The van der Waals surface area contributed by atoms with Gasteiger partial charge >= 0.3 is 0 Å². The van der Waals surface area contributed by atoms with Crippen LogP contribution in [0.25, 0.3) is 21.9 Å². The third-order valence-electron chi connectivity index (χ3n) is 4.38. The SMILES string of the molecule is O=C(Nc1ccc2c(c1)oc1ccccc12)C1(O)CCSCC1. The van der Waals surface area contributed by atoms with Crippen LogP contribution in [0.1, 0.15) is 12.8 Å². The molecule has 1 aromatic heterocycles. The topological polar surface area (TPSA) is 62.5 Å². The molecular formula is C18H17NO3S. The Hall–Kier alpha value is -1.98. The fraction of sp³-hybridized carbons (Fsp3) is 0.278. The van der Waals surface area contributed by atoms with E-state index in [9.17, 15) is 9.90 Å². The first kappa shape index (κ1) is 14.6. The van der Waals surface area contributed by atoms with Crippen molar-refractivity contribution in [2.75, 3.05) is 16.8 Å². The van der Waals surface area contributed by atoms with Crippen molar-refractivity contribution in [1.82, 2.24) is 0 Å². The van der Waals surface area contributed by atoms with Crippen LogP contribution in [0.4, 0.5) is 5.69 Å². The lowest BCUT2D eigenvalue weighted by Gasteiger charge is -2.30. The van der Waals surface area contributed by atoms with E-state index < -0.39 is 5.60 Å². The van der Waals surface area contributed by atoms with Gasteiger partial charge in [0.2, 0.25) is 0 Å². The van der Waals surface area contributed by atoms with Crippen molar-refractivity contribution in [1.29, 1.82) is 0 Å². The Labute approximate surface area is 137 Å². The second-order valence-corrected chi connectivity index (χ2v) is 7.13. The first-order valence-corrected chi connectivity index (χ1v) is 8.84. The second-order valence-electron chi connectivity index (χ2n) is 5.91. The van der Waals surface area contributed by atoms with Gasteiger partial charge in [0.15, 0.2) is 0 Å². The number of furan rings is 1. The molecule has 4 rings (SSSR count). The number of thioether (sulfide) groups is 1. The van der Waals surface area contributed by atoms with E-state index in [0.717, 1.165) is 33.4 Å². The Morgan fingerprint density at radius 1 is 1.09 bits per heavy atom. The molecule has 0 saturated carbocycles. The molecule has 5 heteroatoms. The average molecular weight is 327 g/mol. The molecule has 0 bridgehead atoms. The van der Waals surface area contributed by atoms with E-state index in [2.05, 4.69) is 5.32 Å². The molecule has 4 nitrogen and oxygen atoms in total. The van der Waals surface area contributed by atoms with Crippen LogP contribution in [0.15, 0.2) is 46.9 Å². The Morgan fingerprint density at radius 2 is 1.83 bits per heavy atom. The zero-order chi connectivity index (χ0) is 15.9. The number of fused-ring (bicyclic) bond motifs is 3. The van der Waals surface area contributed by atoms with E-state index >= 15 is 0 Å². The predicted octanol–water partition coefficient (Wildman–Crippen LogP) is 3.78. The van der Waals surface area contributed by atoms with E-state index in [1.54, 1.807) is 11.8 Å². The lowest BCUT2D eigenvalue weighted by Crippen LogP contribution is -2.45. The van der Waals surface area contributed by atoms with Crippen LogP contribution in [0.3, 0.4) is 0 Å². The van der Waals surface area contributed by atoms with Crippen LogP contribution in [0.2, 0.25) is 0 Å². The van der Waals surface area contributed by atoms with Gasteiger partial charge in [-0.25, -0.2) is 0 Å². The summed E-state index contributed by atoms with van der Waals surface area (Å²) in [6.07, 6.45) is 0.993. The Bertz CT molecular complexity index is 880. The third-order valence-corrected chi connectivity index (χ3v) is 5.36. The largest absolute Gasteiger partial charge is 0.456 e. The molecular weight excluding hydrogens is 310 g/mol. The van der Waals surface area contributed by atoms with Gasteiger partial charge in [-0.15, -0.1) is 0 Å². The quantitative estimate of drug-likeness (QED) is 0.752. The van der Waals surface area contributed by atoms with Crippen LogP contribution in [0.5, 0.6) is 0 Å². The van der Waals surface area contributed by atoms with Crippen LogP contribution in [-0.4, -0.2) is 28.1 Å². The lowest BCUT2D eigenvalue weighted by atomic mass is 9.95. The number of amides is 1. The zero-order valence-corrected chi connectivity index (χ0v) is 13.4. The van der Waals surface area contributed by atoms with Crippen molar-refractivity contribution in [3.05, 3.63) is 42.5 Å². The molecule has 0 unspecified atom stereocenters. The van der Waals surface area contributed by atoms with Gasteiger partial charge in [0.1, 0.15) is 16.8 Å². The smallest absolute Gasteiger partial charge is 0.256 e. The van der Waals surface area contributed by atoms with Crippen molar-refractivity contribution < 1.29 is 14.3 Å². The highest BCUT2D eigenvalue weighted by atomic mass is 32.2. The van der Waals surface area contributed by atoms with E-state index in [1.807, 2.05) is 42.5 Å². The molecule has 1 aliphatic heterocycles. The van der Waals surface area contributed by atoms with Crippen molar-refractivity contribution in [3.63, 3.8) is 0 Å². The van der Waals surface area contributed by atoms with E-state index in [-0.39, 0.29) is 5.91 Å². The number of para-hydroxylation sites is 1. The van der Waals surface area contributed by atoms with Gasteiger partial charge < -0.3 is 14.8 Å². The van der Waals surface area contributed by atoms with Gasteiger partial charge in [-0.2, -0.15) is 11.8 Å². The molecule has 0 spiro atoms. The van der Waals surface area contributed by atoms with Crippen molar-refractivity contribution in [3.8, 4) is 0 Å². The van der Waals surface area contributed by atoms with Crippen LogP contribution < -0.4 is 5.32 Å². The highest BCUT2D eigenvalue weighted by Crippen LogP contribution is 2.32. The number of hydrogen-bond acceptors (Lipinski definition) is 4. The molecule has 2 aromatic carbocycles. The number of anilines is 1. The fourth-order valence-corrected chi connectivity index (χ4v) is 4.16. The number of benzene rings is 2. The molecule has 118 valence electrons. The summed E-state index contributed by atoms with van der Waals surface area (Å²) in [5, 5.41) is 15.4. The average Bonchev–Trinajstić information content (AvgIpc) is 2.93. The number of rotatable bonds is 2. The molecule has 0 radical (unpaired) electrons. The summed E-state index contributed by atoms with van der Waals surface area (Å²) in [4.78, 5) is 12.4. The molecule has 3 aromatic rings. The van der Waals surface area contributed by atoms with Crippen molar-refractivity contribution in [2.45, 2.75) is 18.4 Å². The number of aliphatic hydroxyl groups is 1. The summed E-state index contributed by atoms with van der Waals surface area (Å²) >= 11 is 1.77. The minimum Gasteiger partial charge on any atom is -0.456 e. The molecule has 0 aliphatic carbocycles. The predicted molar refractivity (Wildman–Crippen MR) is 93.9 cm³/mol. The van der Waals surface area contributed by atoms with Gasteiger partial charge in [0.05, 0.1) is 0 Å². The fourth-order valence-electron chi connectivity index (χ4n) is 2.99. The summed E-state index contributed by atoms with van der Waals surface area (Å²) in [7, 11) is 0. The van der Waals surface area contributed by atoms with Crippen molar-refractivity contribution >= 4 is 45.3 Å². The summed E-state index contributed by atoms with van der Waals surface area (Å²) in [5.74, 6) is 1.30. The Balaban J connectivity index is 1.64. The second kappa shape index (κ2) is 5.58. The molecule has 2 N–H and O–H groups in total.